The van der Waals surface area contributed by atoms with E-state index in [1.54, 1.807) is 7.05 Å². The van der Waals surface area contributed by atoms with Gasteiger partial charge in [-0.05, 0) is 6.42 Å². The molecule has 1 fully saturated rings. The maximum Gasteiger partial charge on any atom is 0.281 e. The van der Waals surface area contributed by atoms with Gasteiger partial charge < -0.3 is 10.6 Å². The molecule has 1 aromatic rings. The average molecular weight is 334 g/mol. The Balaban J connectivity index is 1.93. The lowest BCUT2D eigenvalue weighted by atomic mass is 10.3. The summed E-state index contributed by atoms with van der Waals surface area (Å²) in [6, 6.07) is 0. The van der Waals surface area contributed by atoms with Crippen molar-refractivity contribution in [3.63, 3.8) is 0 Å². The third kappa shape index (κ3) is 3.82. The van der Waals surface area contributed by atoms with E-state index >= 15 is 0 Å². The summed E-state index contributed by atoms with van der Waals surface area (Å²) in [4.78, 5) is 6.15. The van der Waals surface area contributed by atoms with Gasteiger partial charge >= 0.3 is 0 Å². The zero-order valence-corrected chi connectivity index (χ0v) is 14.0. The van der Waals surface area contributed by atoms with Crippen molar-refractivity contribution in [2.75, 3.05) is 50.4 Å². The Hall–Kier alpha value is -0.970. The van der Waals surface area contributed by atoms with Gasteiger partial charge in [-0.25, -0.2) is 0 Å². The van der Waals surface area contributed by atoms with Crippen molar-refractivity contribution in [1.29, 1.82) is 0 Å². The molecule has 120 valence electrons. The molecule has 0 aliphatic carbocycles. The lowest BCUT2D eigenvalue weighted by Gasteiger charge is -2.35. The Morgan fingerprint density at radius 2 is 2.00 bits per heavy atom. The largest absolute Gasteiger partial charge is 0.367 e. The molecule has 0 atom stereocenters. The minimum Gasteiger partial charge on any atom is -0.367 e. The van der Waals surface area contributed by atoms with Crippen LogP contribution in [-0.2, 0) is 10.2 Å². The lowest BCUT2D eigenvalue weighted by Crippen LogP contribution is -2.52. The molecule has 0 aromatic carbocycles. The minimum atomic E-state index is -3.35. The molecule has 0 radical (unpaired) electrons. The van der Waals surface area contributed by atoms with Crippen molar-refractivity contribution >= 4 is 32.8 Å². The Morgan fingerprint density at radius 3 is 2.52 bits per heavy atom. The molecule has 0 bridgehead atoms. The van der Waals surface area contributed by atoms with Crippen molar-refractivity contribution in [2.24, 2.45) is 0 Å². The van der Waals surface area contributed by atoms with Crippen LogP contribution in [0.4, 0.5) is 11.1 Å². The topological polar surface area (TPSA) is 95.7 Å². The number of nitrogens with zero attached hydrogens (tertiary/aromatic N) is 5. The molecular weight excluding hydrogens is 312 g/mol. The lowest BCUT2D eigenvalue weighted by molar-refractivity contribution is 0.341. The van der Waals surface area contributed by atoms with Gasteiger partial charge in [0.15, 0.2) is 0 Å². The van der Waals surface area contributed by atoms with Gasteiger partial charge in [-0.15, -0.1) is 0 Å². The molecule has 2 N–H and O–H groups in total. The van der Waals surface area contributed by atoms with Crippen molar-refractivity contribution < 1.29 is 8.42 Å². The second-order valence-electron chi connectivity index (χ2n) is 5.00. The zero-order chi connectivity index (χ0) is 15.5. The molecule has 10 heteroatoms. The first kappa shape index (κ1) is 16.4. The number of hydrogen-bond donors (Lipinski definition) is 1. The van der Waals surface area contributed by atoms with Crippen LogP contribution in [0.25, 0.3) is 0 Å². The fourth-order valence-electron chi connectivity index (χ4n) is 2.16. The zero-order valence-electron chi connectivity index (χ0n) is 12.4. The first-order chi connectivity index (χ1) is 9.95. The number of unbranched alkanes of at least 4 members (excludes halogenated alkanes) is 1. The number of anilines is 2. The number of rotatable bonds is 6. The first-order valence-corrected chi connectivity index (χ1v) is 9.17. The third-order valence-electron chi connectivity index (χ3n) is 3.49. The molecule has 0 saturated carbocycles. The van der Waals surface area contributed by atoms with E-state index in [0.29, 0.717) is 32.7 Å². The summed E-state index contributed by atoms with van der Waals surface area (Å²) in [5.41, 5.74) is 5.52. The number of nitrogen functional groups attached to an aromatic ring is 1. The highest BCUT2D eigenvalue weighted by Crippen LogP contribution is 2.21. The molecule has 1 saturated heterocycles. The van der Waals surface area contributed by atoms with Gasteiger partial charge in [0.2, 0.25) is 11.1 Å². The van der Waals surface area contributed by atoms with E-state index < -0.39 is 10.2 Å². The minimum absolute atomic E-state index is 0.268. The highest BCUT2D eigenvalue weighted by molar-refractivity contribution is 7.86. The Morgan fingerprint density at radius 1 is 1.33 bits per heavy atom. The van der Waals surface area contributed by atoms with Crippen LogP contribution in [0.3, 0.4) is 0 Å². The molecule has 1 aromatic heterocycles. The molecule has 2 heterocycles. The molecule has 8 nitrogen and oxygen atoms in total. The second-order valence-corrected chi connectivity index (χ2v) is 7.77. The third-order valence-corrected chi connectivity index (χ3v) is 6.27. The summed E-state index contributed by atoms with van der Waals surface area (Å²) in [5, 5.41) is 0.754. The van der Waals surface area contributed by atoms with Gasteiger partial charge in [0.05, 0.1) is 0 Å². The van der Waals surface area contributed by atoms with Crippen LogP contribution in [0, 0.1) is 0 Å². The maximum absolute atomic E-state index is 12.4. The number of aromatic nitrogens is 2. The first-order valence-electron chi connectivity index (χ1n) is 7.00. The van der Waals surface area contributed by atoms with E-state index in [1.165, 1.54) is 20.1 Å². The van der Waals surface area contributed by atoms with E-state index in [0.717, 1.165) is 18.0 Å². The molecule has 21 heavy (non-hydrogen) atoms. The van der Waals surface area contributed by atoms with Gasteiger partial charge in [-0.2, -0.15) is 26.4 Å². The van der Waals surface area contributed by atoms with Crippen molar-refractivity contribution in [3.05, 3.63) is 0 Å². The van der Waals surface area contributed by atoms with Crippen molar-refractivity contribution in [2.45, 2.75) is 19.8 Å². The summed E-state index contributed by atoms with van der Waals surface area (Å²) in [6.07, 6.45) is 1.85. The predicted molar refractivity (Wildman–Crippen MR) is 84.6 cm³/mol. The van der Waals surface area contributed by atoms with Crippen molar-refractivity contribution in [1.82, 2.24) is 18.0 Å². The quantitative estimate of drug-likeness (QED) is 0.799. The number of hydrogen-bond acceptors (Lipinski definition) is 7. The van der Waals surface area contributed by atoms with E-state index in [4.69, 9.17) is 5.73 Å². The molecule has 0 unspecified atom stereocenters. The molecule has 1 aliphatic rings. The van der Waals surface area contributed by atoms with Gasteiger partial charge in [0, 0.05) is 51.3 Å². The van der Waals surface area contributed by atoms with Gasteiger partial charge in [-0.1, -0.05) is 13.3 Å². The molecule has 0 amide bonds. The van der Waals surface area contributed by atoms with E-state index in [-0.39, 0.29) is 5.95 Å². The highest BCUT2D eigenvalue weighted by Gasteiger charge is 2.30. The predicted octanol–water partition coefficient (Wildman–Crippen LogP) is 0.219. The van der Waals surface area contributed by atoms with Gasteiger partial charge in [0.25, 0.3) is 10.2 Å². The maximum atomic E-state index is 12.4. The Labute approximate surface area is 129 Å². The molecular formula is C11H22N6O2S2. The standard InChI is InChI=1S/C11H22N6O2S2/c1-3-4-5-15(2)21(18,19)17-8-6-16(7-9-17)11-13-10(12)14-20-11/h3-9H2,1-2H3,(H2,12,14). The normalized spacial score (nSPS) is 17.6. The summed E-state index contributed by atoms with van der Waals surface area (Å²) in [6.45, 7) is 4.74. The number of piperazine rings is 1. The van der Waals surface area contributed by atoms with Crippen LogP contribution in [0.5, 0.6) is 0 Å². The Kier molecular flexibility index (Phi) is 5.36. The average Bonchev–Trinajstić information content (AvgIpc) is 2.91. The van der Waals surface area contributed by atoms with Crippen LogP contribution in [0.15, 0.2) is 0 Å². The fourth-order valence-corrected chi connectivity index (χ4v) is 4.19. The monoisotopic (exact) mass is 334 g/mol. The summed E-state index contributed by atoms with van der Waals surface area (Å²) in [5.74, 6) is 0.268. The SMILES string of the molecule is CCCCN(C)S(=O)(=O)N1CCN(c2nc(N)ns2)CC1. The Bertz CT molecular complexity index is 553. The molecule has 1 aliphatic heterocycles. The van der Waals surface area contributed by atoms with Crippen LogP contribution in [-0.4, -0.2) is 66.2 Å². The van der Waals surface area contributed by atoms with Crippen LogP contribution < -0.4 is 10.6 Å². The summed E-state index contributed by atoms with van der Waals surface area (Å²) in [7, 11) is -1.71. The van der Waals surface area contributed by atoms with Gasteiger partial charge in [0.1, 0.15) is 0 Å². The van der Waals surface area contributed by atoms with E-state index in [2.05, 4.69) is 9.36 Å². The number of nitrogens with two attached hydrogens (primary N) is 1. The van der Waals surface area contributed by atoms with E-state index in [1.807, 2.05) is 11.8 Å². The van der Waals surface area contributed by atoms with Gasteiger partial charge in [-0.3, -0.25) is 0 Å². The molecule has 2 rings (SSSR count). The molecule has 0 spiro atoms. The van der Waals surface area contributed by atoms with Crippen LogP contribution in [0.1, 0.15) is 19.8 Å². The van der Waals surface area contributed by atoms with E-state index in [9.17, 15) is 8.42 Å². The van der Waals surface area contributed by atoms with Crippen LogP contribution >= 0.6 is 11.5 Å². The smallest absolute Gasteiger partial charge is 0.281 e. The summed E-state index contributed by atoms with van der Waals surface area (Å²) < 4.78 is 31.8. The highest BCUT2D eigenvalue weighted by atomic mass is 32.2. The van der Waals surface area contributed by atoms with Crippen LogP contribution in [0.2, 0.25) is 0 Å². The second kappa shape index (κ2) is 6.86. The van der Waals surface area contributed by atoms with Crippen molar-refractivity contribution in [3.8, 4) is 0 Å². The summed E-state index contributed by atoms with van der Waals surface area (Å²) >= 11 is 1.24. The fraction of sp³-hybridized carbons (Fsp3) is 0.818.